The van der Waals surface area contributed by atoms with Gasteiger partial charge in [-0.1, -0.05) is 37.0 Å². The molecule has 2 heterocycles. The molecule has 7 heteroatoms. The smallest absolute Gasteiger partial charge is 0.222 e. The van der Waals surface area contributed by atoms with E-state index in [9.17, 15) is 0 Å². The lowest BCUT2D eigenvalue weighted by Gasteiger charge is -2.24. The van der Waals surface area contributed by atoms with Gasteiger partial charge >= 0.3 is 0 Å². The lowest BCUT2D eigenvalue weighted by molar-refractivity contribution is 0.301. The number of pyridine rings is 2. The van der Waals surface area contributed by atoms with E-state index in [-0.39, 0.29) is 0 Å². The number of aromatic nitrogens is 2. The Hall–Kier alpha value is -2.04. The SMILES string of the molecule is CCCCOc1ncc(C(C)(CC)N=[N+]=[N-])c2cc(Cl)ncc12. The highest BCUT2D eigenvalue weighted by atomic mass is 35.5. The van der Waals surface area contributed by atoms with Crippen LogP contribution >= 0.6 is 11.6 Å². The van der Waals surface area contributed by atoms with Gasteiger partial charge in [0.15, 0.2) is 0 Å². The molecule has 122 valence electrons. The zero-order valence-electron chi connectivity index (χ0n) is 13.6. The first-order valence-corrected chi connectivity index (χ1v) is 8.07. The molecule has 2 aromatic heterocycles. The summed E-state index contributed by atoms with van der Waals surface area (Å²) in [6.45, 7) is 6.55. The number of ether oxygens (including phenoxy) is 1. The Balaban J connectivity index is 2.61. The third-order valence-electron chi connectivity index (χ3n) is 3.97. The Morgan fingerprint density at radius 2 is 2.09 bits per heavy atom. The number of hydrogen-bond donors (Lipinski definition) is 0. The first-order chi connectivity index (χ1) is 11.1. The van der Waals surface area contributed by atoms with Gasteiger partial charge in [-0.05, 0) is 42.3 Å². The van der Waals surface area contributed by atoms with Crippen LogP contribution in [0.25, 0.3) is 21.2 Å². The third-order valence-corrected chi connectivity index (χ3v) is 4.18. The predicted octanol–water partition coefficient (Wildman–Crippen LogP) is 5.40. The monoisotopic (exact) mass is 333 g/mol. The lowest BCUT2D eigenvalue weighted by atomic mass is 9.88. The molecule has 1 atom stereocenters. The van der Waals surface area contributed by atoms with Crippen molar-refractivity contribution in [2.75, 3.05) is 6.61 Å². The molecule has 0 aliphatic carbocycles. The predicted molar refractivity (Wildman–Crippen MR) is 91.7 cm³/mol. The maximum Gasteiger partial charge on any atom is 0.222 e. The molecule has 2 rings (SSSR count). The number of hydrogen-bond acceptors (Lipinski definition) is 4. The van der Waals surface area contributed by atoms with Crippen LogP contribution in [-0.4, -0.2) is 16.6 Å². The Labute approximate surface area is 140 Å². The molecule has 0 fully saturated rings. The summed E-state index contributed by atoms with van der Waals surface area (Å²) in [5.41, 5.74) is 9.01. The van der Waals surface area contributed by atoms with Crippen LogP contribution in [0.1, 0.15) is 45.6 Å². The second-order valence-corrected chi connectivity index (χ2v) is 5.94. The van der Waals surface area contributed by atoms with E-state index in [1.54, 1.807) is 18.5 Å². The van der Waals surface area contributed by atoms with Gasteiger partial charge in [-0.3, -0.25) is 0 Å². The van der Waals surface area contributed by atoms with Crippen LogP contribution in [0.15, 0.2) is 23.6 Å². The van der Waals surface area contributed by atoms with E-state index >= 15 is 0 Å². The summed E-state index contributed by atoms with van der Waals surface area (Å²) >= 11 is 6.06. The molecule has 0 radical (unpaired) electrons. The fourth-order valence-corrected chi connectivity index (χ4v) is 2.51. The summed E-state index contributed by atoms with van der Waals surface area (Å²) in [5, 5.41) is 5.97. The van der Waals surface area contributed by atoms with Crippen LogP contribution in [0.2, 0.25) is 5.15 Å². The van der Waals surface area contributed by atoms with Gasteiger partial charge in [0, 0.05) is 17.3 Å². The fraction of sp³-hybridized carbons (Fsp3) is 0.500. The summed E-state index contributed by atoms with van der Waals surface area (Å²) in [7, 11) is 0. The molecule has 1 unspecified atom stereocenters. The standard InChI is InChI=1S/C16H20ClN5O/c1-4-6-7-23-15-12-9-19-14(17)8-11(12)13(10-20-15)16(3,5-2)21-22-18/h8-10H,4-7H2,1-3H3. The molecule has 2 aromatic rings. The van der Waals surface area contributed by atoms with Crippen LogP contribution < -0.4 is 4.74 Å². The second kappa shape index (κ2) is 7.49. The average Bonchev–Trinajstić information content (AvgIpc) is 2.55. The highest BCUT2D eigenvalue weighted by Crippen LogP contribution is 2.37. The molecule has 0 spiro atoms. The molecule has 0 saturated carbocycles. The Morgan fingerprint density at radius 1 is 1.30 bits per heavy atom. The van der Waals surface area contributed by atoms with Crippen molar-refractivity contribution in [3.63, 3.8) is 0 Å². The maximum atomic E-state index is 8.89. The molecule has 0 amide bonds. The maximum absolute atomic E-state index is 8.89. The molecular formula is C16H20ClN5O. The van der Waals surface area contributed by atoms with Crippen molar-refractivity contribution >= 4 is 22.4 Å². The quantitative estimate of drug-likeness (QED) is 0.223. The largest absolute Gasteiger partial charge is 0.477 e. The number of unbranched alkanes of at least 4 members (excludes halogenated alkanes) is 1. The minimum absolute atomic E-state index is 0.379. The Morgan fingerprint density at radius 3 is 2.74 bits per heavy atom. The molecule has 6 nitrogen and oxygen atoms in total. The molecule has 0 N–H and O–H groups in total. The zero-order valence-corrected chi connectivity index (χ0v) is 14.3. The normalized spacial score (nSPS) is 13.4. The topological polar surface area (TPSA) is 83.8 Å². The first-order valence-electron chi connectivity index (χ1n) is 7.69. The summed E-state index contributed by atoms with van der Waals surface area (Å²) in [6.07, 6.45) is 6.01. The van der Waals surface area contributed by atoms with Gasteiger partial charge in [-0.2, -0.15) is 0 Å². The number of azide groups is 1. The molecule has 0 aromatic carbocycles. The van der Waals surface area contributed by atoms with Crippen LogP contribution in [0, 0.1) is 0 Å². The van der Waals surface area contributed by atoms with Crippen LogP contribution in [0.4, 0.5) is 0 Å². The van der Waals surface area contributed by atoms with Crippen molar-refractivity contribution in [3.8, 4) is 5.88 Å². The highest BCUT2D eigenvalue weighted by molar-refractivity contribution is 6.30. The average molecular weight is 334 g/mol. The number of halogens is 1. The summed E-state index contributed by atoms with van der Waals surface area (Å²) in [5.74, 6) is 0.528. The third kappa shape index (κ3) is 3.66. The van der Waals surface area contributed by atoms with E-state index in [1.807, 2.05) is 13.8 Å². The van der Waals surface area contributed by atoms with E-state index in [0.29, 0.717) is 24.1 Å². The molecular weight excluding hydrogens is 314 g/mol. The van der Waals surface area contributed by atoms with Gasteiger partial charge in [0.25, 0.3) is 0 Å². The minimum atomic E-state index is -0.702. The van der Waals surface area contributed by atoms with Crippen molar-refractivity contribution in [2.45, 2.75) is 45.6 Å². The van der Waals surface area contributed by atoms with Crippen molar-refractivity contribution in [3.05, 3.63) is 39.6 Å². The van der Waals surface area contributed by atoms with E-state index in [2.05, 4.69) is 26.9 Å². The highest BCUT2D eigenvalue weighted by Gasteiger charge is 2.27. The van der Waals surface area contributed by atoms with E-state index in [4.69, 9.17) is 21.9 Å². The molecule has 0 aliphatic heterocycles. The van der Waals surface area contributed by atoms with Gasteiger partial charge in [-0.25, -0.2) is 9.97 Å². The van der Waals surface area contributed by atoms with Crippen molar-refractivity contribution in [2.24, 2.45) is 5.11 Å². The van der Waals surface area contributed by atoms with Crippen molar-refractivity contribution < 1.29 is 4.74 Å². The number of nitrogens with zero attached hydrogens (tertiary/aromatic N) is 5. The van der Waals surface area contributed by atoms with Gasteiger partial charge in [0.2, 0.25) is 5.88 Å². The van der Waals surface area contributed by atoms with E-state index < -0.39 is 5.54 Å². The summed E-state index contributed by atoms with van der Waals surface area (Å²) < 4.78 is 5.76. The minimum Gasteiger partial charge on any atom is -0.477 e. The van der Waals surface area contributed by atoms with E-state index in [0.717, 1.165) is 29.2 Å². The molecule has 0 saturated heterocycles. The molecule has 0 bridgehead atoms. The fourth-order valence-electron chi connectivity index (χ4n) is 2.36. The van der Waals surface area contributed by atoms with Crippen LogP contribution in [0.5, 0.6) is 5.88 Å². The zero-order chi connectivity index (χ0) is 16.9. The van der Waals surface area contributed by atoms with Gasteiger partial charge in [0.05, 0.1) is 17.5 Å². The lowest BCUT2D eigenvalue weighted by Crippen LogP contribution is -2.18. The van der Waals surface area contributed by atoms with Crippen molar-refractivity contribution in [1.29, 1.82) is 0 Å². The van der Waals surface area contributed by atoms with Gasteiger partial charge in [0.1, 0.15) is 5.15 Å². The first kappa shape index (κ1) is 17.3. The Kier molecular flexibility index (Phi) is 5.64. The second-order valence-electron chi connectivity index (χ2n) is 5.55. The molecule has 23 heavy (non-hydrogen) atoms. The van der Waals surface area contributed by atoms with Crippen LogP contribution in [-0.2, 0) is 5.54 Å². The molecule has 0 aliphatic rings. The summed E-state index contributed by atoms with van der Waals surface area (Å²) in [6, 6.07) is 1.77. The van der Waals surface area contributed by atoms with Crippen molar-refractivity contribution in [1.82, 2.24) is 9.97 Å². The van der Waals surface area contributed by atoms with Gasteiger partial charge in [-0.15, -0.1) is 0 Å². The Bertz CT molecular complexity index is 745. The summed E-state index contributed by atoms with van der Waals surface area (Å²) in [4.78, 5) is 11.5. The number of rotatable bonds is 7. The number of fused-ring (bicyclic) bond motifs is 1. The van der Waals surface area contributed by atoms with E-state index in [1.165, 1.54) is 0 Å². The van der Waals surface area contributed by atoms with Crippen LogP contribution in [0.3, 0.4) is 0 Å². The van der Waals surface area contributed by atoms with Gasteiger partial charge < -0.3 is 4.74 Å².